The molecule has 0 saturated heterocycles. The van der Waals surface area contributed by atoms with Crippen LogP contribution in [-0.2, 0) is 6.54 Å². The van der Waals surface area contributed by atoms with Crippen molar-refractivity contribution in [2.75, 3.05) is 11.2 Å². The number of hydrogen-bond acceptors (Lipinski definition) is 5. The molecule has 1 aliphatic rings. The Labute approximate surface area is 77.5 Å². The molecule has 1 aliphatic heterocycles. The van der Waals surface area contributed by atoms with Crippen LogP contribution in [0.2, 0.25) is 0 Å². The third-order valence-corrected chi connectivity index (χ3v) is 2.09. The first-order chi connectivity index (χ1) is 5.27. The minimum Gasteiger partial charge on any atom is -0.383 e. The normalized spacial score (nSPS) is 16.1. The number of rotatable bonds is 0. The molecule has 0 amide bonds. The van der Waals surface area contributed by atoms with Gasteiger partial charge in [0.2, 0.25) is 0 Å². The number of hydrogen-bond donors (Lipinski definition) is 2. The lowest BCUT2D eigenvalue weighted by Gasteiger charge is -2.01. The molecule has 0 fully saturated rings. The van der Waals surface area contributed by atoms with Gasteiger partial charge in [-0.1, -0.05) is 0 Å². The zero-order valence-electron chi connectivity index (χ0n) is 5.58. The molecule has 0 aliphatic carbocycles. The number of nitrogens with one attached hydrogen (secondary N) is 1. The summed E-state index contributed by atoms with van der Waals surface area (Å²) in [6.07, 6.45) is 1.46. The molecule has 5 nitrogen and oxygen atoms in total. The van der Waals surface area contributed by atoms with Crippen LogP contribution in [-0.4, -0.2) is 13.2 Å². The molecule has 3 N–H and O–H groups in total. The van der Waals surface area contributed by atoms with Crippen molar-refractivity contribution < 1.29 is 0 Å². The first-order valence-electron chi connectivity index (χ1n) is 3.06. The summed E-state index contributed by atoms with van der Waals surface area (Å²) < 4.78 is 1.88. The highest BCUT2D eigenvalue weighted by molar-refractivity contribution is 14.1. The number of halogens is 1. The molecule has 0 unspecified atom stereocenters. The molecule has 0 saturated carbocycles. The summed E-state index contributed by atoms with van der Waals surface area (Å²) in [6, 6.07) is 0. The Bertz CT molecular complexity index is 288. The number of nitrogens with two attached hydrogens (primary N) is 1. The second-order valence-electron chi connectivity index (χ2n) is 2.22. The summed E-state index contributed by atoms with van der Waals surface area (Å²) in [7, 11) is 0. The Kier molecular flexibility index (Phi) is 1.57. The molecule has 2 rings (SSSR count). The molecule has 6 heteroatoms. The smallest absolute Gasteiger partial charge is 0.151 e. The van der Waals surface area contributed by atoms with E-state index in [-0.39, 0.29) is 0 Å². The van der Waals surface area contributed by atoms with Gasteiger partial charge >= 0.3 is 0 Å². The van der Waals surface area contributed by atoms with Crippen molar-refractivity contribution in [3.8, 4) is 0 Å². The molecular formula is C5H6IN5. The van der Waals surface area contributed by atoms with Crippen LogP contribution in [0.15, 0.2) is 6.33 Å². The fourth-order valence-electron chi connectivity index (χ4n) is 0.971. The molecule has 0 spiro atoms. The van der Waals surface area contributed by atoms with Crippen molar-refractivity contribution >= 4 is 34.5 Å². The number of aromatic nitrogens is 2. The van der Waals surface area contributed by atoms with Gasteiger partial charge in [-0.2, -0.15) is 3.22 Å². The molecule has 58 valence electrons. The van der Waals surface area contributed by atoms with Gasteiger partial charge in [0.25, 0.3) is 0 Å². The fraction of sp³-hybridized carbons (Fsp3) is 0.200. The van der Waals surface area contributed by atoms with E-state index in [9.17, 15) is 0 Å². The monoisotopic (exact) mass is 263 g/mol. The minimum atomic E-state index is 0.557. The summed E-state index contributed by atoms with van der Waals surface area (Å²) in [5.41, 5.74) is 9.61. The molecule has 1 aromatic heterocycles. The standard InChI is InChI=1S/C5H6IN5/c6-11-1-3-4(7)8-2-9-5(3)10-11/h2H,1H2,(H3,7,8,9,10). The van der Waals surface area contributed by atoms with Crippen LogP contribution in [0.3, 0.4) is 0 Å². The van der Waals surface area contributed by atoms with Crippen molar-refractivity contribution in [3.63, 3.8) is 0 Å². The summed E-state index contributed by atoms with van der Waals surface area (Å²) in [4.78, 5) is 7.90. The van der Waals surface area contributed by atoms with Gasteiger partial charge in [-0.3, -0.25) is 5.43 Å². The summed E-state index contributed by atoms with van der Waals surface area (Å²) >= 11 is 2.14. The maximum Gasteiger partial charge on any atom is 0.151 e. The van der Waals surface area contributed by atoms with Gasteiger partial charge in [-0.05, 0) is 0 Å². The van der Waals surface area contributed by atoms with Gasteiger partial charge in [-0.15, -0.1) is 0 Å². The van der Waals surface area contributed by atoms with Gasteiger partial charge in [0.05, 0.1) is 12.1 Å². The second kappa shape index (κ2) is 2.45. The van der Waals surface area contributed by atoms with E-state index in [4.69, 9.17) is 5.73 Å². The van der Waals surface area contributed by atoms with E-state index in [2.05, 4.69) is 38.3 Å². The first-order valence-corrected chi connectivity index (χ1v) is 4.03. The van der Waals surface area contributed by atoms with E-state index in [0.29, 0.717) is 5.82 Å². The Morgan fingerprint density at radius 2 is 2.45 bits per heavy atom. The van der Waals surface area contributed by atoms with Crippen LogP contribution in [0.25, 0.3) is 0 Å². The molecule has 0 bridgehead atoms. The van der Waals surface area contributed by atoms with E-state index < -0.39 is 0 Å². The van der Waals surface area contributed by atoms with Gasteiger partial charge < -0.3 is 5.73 Å². The average Bonchev–Trinajstić information content (AvgIpc) is 2.31. The number of nitrogen functional groups attached to an aromatic ring is 1. The second-order valence-corrected chi connectivity index (χ2v) is 3.38. The summed E-state index contributed by atoms with van der Waals surface area (Å²) in [6.45, 7) is 0.753. The van der Waals surface area contributed by atoms with Gasteiger partial charge in [0, 0.05) is 22.9 Å². The molecule has 11 heavy (non-hydrogen) atoms. The van der Waals surface area contributed by atoms with Crippen molar-refractivity contribution in [2.45, 2.75) is 6.54 Å². The Hall–Kier alpha value is -0.630. The average molecular weight is 263 g/mol. The fourth-order valence-corrected chi connectivity index (χ4v) is 1.54. The van der Waals surface area contributed by atoms with E-state index in [0.717, 1.165) is 17.9 Å². The Morgan fingerprint density at radius 1 is 1.64 bits per heavy atom. The van der Waals surface area contributed by atoms with Crippen molar-refractivity contribution in [2.24, 2.45) is 0 Å². The predicted octanol–water partition coefficient (Wildman–Crippen LogP) is 0.551. The van der Waals surface area contributed by atoms with E-state index >= 15 is 0 Å². The number of anilines is 2. The lowest BCUT2D eigenvalue weighted by Crippen LogP contribution is -2.08. The number of hydrazine groups is 1. The molecule has 0 atom stereocenters. The third kappa shape index (κ3) is 1.11. The minimum absolute atomic E-state index is 0.557. The Balaban J connectivity index is 2.49. The number of fused-ring (bicyclic) bond motifs is 1. The summed E-state index contributed by atoms with van der Waals surface area (Å²) in [5, 5.41) is 0. The zero-order valence-corrected chi connectivity index (χ0v) is 7.74. The maximum absolute atomic E-state index is 5.61. The van der Waals surface area contributed by atoms with Crippen LogP contribution < -0.4 is 11.2 Å². The van der Waals surface area contributed by atoms with Crippen molar-refractivity contribution in [1.29, 1.82) is 0 Å². The summed E-state index contributed by atoms with van der Waals surface area (Å²) in [5.74, 6) is 1.37. The highest BCUT2D eigenvalue weighted by Gasteiger charge is 2.19. The number of nitrogens with zero attached hydrogens (tertiary/aromatic N) is 3. The molecular weight excluding hydrogens is 257 g/mol. The first kappa shape index (κ1) is 7.04. The topological polar surface area (TPSA) is 67.1 Å². The zero-order chi connectivity index (χ0) is 7.84. The van der Waals surface area contributed by atoms with Gasteiger partial charge in [0.1, 0.15) is 12.1 Å². The van der Waals surface area contributed by atoms with Gasteiger partial charge in [-0.25, -0.2) is 9.97 Å². The van der Waals surface area contributed by atoms with Gasteiger partial charge in [0.15, 0.2) is 5.82 Å². The van der Waals surface area contributed by atoms with E-state index in [1.807, 2.05) is 3.22 Å². The van der Waals surface area contributed by atoms with Crippen LogP contribution in [0.5, 0.6) is 0 Å². The highest BCUT2D eigenvalue weighted by atomic mass is 127. The van der Waals surface area contributed by atoms with Crippen LogP contribution >= 0.6 is 22.9 Å². The molecule has 0 aromatic carbocycles. The molecule has 2 heterocycles. The van der Waals surface area contributed by atoms with Crippen molar-refractivity contribution in [1.82, 2.24) is 13.2 Å². The van der Waals surface area contributed by atoms with E-state index in [1.54, 1.807) is 0 Å². The highest BCUT2D eigenvalue weighted by Crippen LogP contribution is 2.27. The largest absolute Gasteiger partial charge is 0.383 e. The lowest BCUT2D eigenvalue weighted by atomic mass is 10.3. The van der Waals surface area contributed by atoms with Crippen LogP contribution in [0.4, 0.5) is 11.6 Å². The molecule has 0 radical (unpaired) electrons. The lowest BCUT2D eigenvalue weighted by molar-refractivity contribution is 0.640. The SMILES string of the molecule is Nc1ncnc2c1CN(I)N2. The molecule has 1 aromatic rings. The Morgan fingerprint density at radius 3 is 3.18 bits per heavy atom. The maximum atomic E-state index is 5.61. The van der Waals surface area contributed by atoms with Crippen molar-refractivity contribution in [3.05, 3.63) is 11.9 Å². The van der Waals surface area contributed by atoms with E-state index in [1.165, 1.54) is 6.33 Å². The predicted molar refractivity (Wildman–Crippen MR) is 49.6 cm³/mol. The van der Waals surface area contributed by atoms with Crippen LogP contribution in [0.1, 0.15) is 5.56 Å². The van der Waals surface area contributed by atoms with Crippen LogP contribution in [0, 0.1) is 0 Å². The third-order valence-electron chi connectivity index (χ3n) is 1.50. The quantitative estimate of drug-likeness (QED) is 0.528.